The summed E-state index contributed by atoms with van der Waals surface area (Å²) in [6.45, 7) is 3.38. The van der Waals surface area contributed by atoms with Crippen molar-refractivity contribution >= 4 is 35.1 Å². The zero-order valence-electron chi connectivity index (χ0n) is 22.9. The number of carbonyl (C=O) groups is 2. The first-order valence-corrected chi connectivity index (χ1v) is 14.5. The molecule has 0 aliphatic carbocycles. The second-order valence-corrected chi connectivity index (χ2v) is 11.5. The van der Waals surface area contributed by atoms with Crippen molar-refractivity contribution < 1.29 is 28.6 Å². The van der Waals surface area contributed by atoms with Crippen molar-refractivity contribution in [1.82, 2.24) is 4.90 Å². The van der Waals surface area contributed by atoms with Crippen LogP contribution in [0.15, 0.2) is 60.7 Å². The zero-order valence-corrected chi connectivity index (χ0v) is 24.4. The van der Waals surface area contributed by atoms with E-state index in [1.54, 1.807) is 54.6 Å². The maximum atomic E-state index is 16.5. The molecule has 3 aromatic rings. The minimum Gasteiger partial charge on any atom is -0.481 e. The zero-order chi connectivity index (χ0) is 29.3. The van der Waals surface area contributed by atoms with Gasteiger partial charge in [0.1, 0.15) is 5.82 Å². The number of ether oxygens (including phenoxy) is 2. The molecule has 3 aromatic carbocycles. The Balaban J connectivity index is 1.74. The van der Waals surface area contributed by atoms with E-state index in [1.807, 2.05) is 0 Å². The van der Waals surface area contributed by atoms with E-state index in [4.69, 9.17) is 32.7 Å². The van der Waals surface area contributed by atoms with Crippen molar-refractivity contribution in [3.8, 4) is 0 Å². The molecule has 1 N–H and O–H groups in total. The number of amides is 1. The number of carboxylic acid groups (broad SMARTS) is 1. The molecule has 2 unspecified atom stereocenters. The maximum absolute atomic E-state index is 16.5. The molecule has 5 rings (SSSR count). The molecule has 2 aliphatic heterocycles. The topological polar surface area (TPSA) is 76.1 Å². The van der Waals surface area contributed by atoms with Crippen LogP contribution in [0.4, 0.5) is 4.39 Å². The van der Waals surface area contributed by atoms with E-state index >= 15 is 4.39 Å². The fourth-order valence-corrected chi connectivity index (χ4v) is 6.81. The summed E-state index contributed by atoms with van der Waals surface area (Å²) in [4.78, 5) is 28.0. The molecule has 1 saturated heterocycles. The van der Waals surface area contributed by atoms with E-state index in [0.717, 1.165) is 24.8 Å². The van der Waals surface area contributed by atoms with Crippen LogP contribution in [0.3, 0.4) is 0 Å². The van der Waals surface area contributed by atoms with Crippen LogP contribution in [-0.2, 0) is 20.0 Å². The van der Waals surface area contributed by atoms with E-state index in [0.29, 0.717) is 40.3 Å². The van der Waals surface area contributed by atoms with Crippen molar-refractivity contribution in [1.29, 1.82) is 0 Å². The summed E-state index contributed by atoms with van der Waals surface area (Å²) in [5.41, 5.74) is 0.188. The quantitative estimate of drug-likeness (QED) is 0.274. The van der Waals surface area contributed by atoms with Gasteiger partial charge in [-0.05, 0) is 78.6 Å². The molecule has 0 radical (unpaired) electrons. The molecule has 9 heteroatoms. The molecule has 0 bridgehead atoms. The van der Waals surface area contributed by atoms with Gasteiger partial charge in [-0.15, -0.1) is 0 Å². The second-order valence-electron chi connectivity index (χ2n) is 10.6. The smallest absolute Gasteiger partial charge is 0.305 e. The average molecular weight is 601 g/mol. The number of carbonyl (C=O) groups excluding carboxylic acids is 1. The van der Waals surface area contributed by atoms with Gasteiger partial charge >= 0.3 is 5.97 Å². The number of rotatable bonds is 9. The van der Waals surface area contributed by atoms with Gasteiger partial charge in [-0.3, -0.25) is 14.5 Å². The summed E-state index contributed by atoms with van der Waals surface area (Å²) >= 11 is 12.3. The summed E-state index contributed by atoms with van der Waals surface area (Å²) in [5, 5.41) is 10.9. The summed E-state index contributed by atoms with van der Waals surface area (Å²) in [6.07, 6.45) is 2.07. The van der Waals surface area contributed by atoms with Gasteiger partial charge in [0.2, 0.25) is 0 Å². The van der Waals surface area contributed by atoms with Crippen LogP contribution in [0.2, 0.25) is 10.0 Å². The molecule has 1 amide bonds. The van der Waals surface area contributed by atoms with Gasteiger partial charge in [-0.1, -0.05) is 54.4 Å². The Bertz CT molecular complexity index is 1430. The largest absolute Gasteiger partial charge is 0.481 e. The first-order valence-electron chi connectivity index (χ1n) is 13.7. The van der Waals surface area contributed by atoms with E-state index in [-0.39, 0.29) is 17.0 Å². The lowest BCUT2D eigenvalue weighted by Gasteiger charge is -2.42. The first-order chi connectivity index (χ1) is 19.7. The van der Waals surface area contributed by atoms with Crippen molar-refractivity contribution in [2.75, 3.05) is 20.3 Å². The number of carboxylic acids is 1. The highest BCUT2D eigenvalue weighted by molar-refractivity contribution is 6.30. The monoisotopic (exact) mass is 599 g/mol. The third-order valence-corrected chi connectivity index (χ3v) is 8.91. The van der Waals surface area contributed by atoms with E-state index in [9.17, 15) is 14.7 Å². The average Bonchev–Trinajstić information content (AvgIpc) is 3.22. The number of fused-ring (bicyclic) bond motifs is 1. The van der Waals surface area contributed by atoms with Crippen LogP contribution in [0, 0.1) is 11.7 Å². The number of benzene rings is 3. The SMILES string of the molecule is CCC(c1cc(F)c2c(c1)C(=O)N(C(CC(=O)O)c1ccc(Cl)cc1)[C@@]2(OC)c1ccc(Cl)cc1)C1CCOCC1. The van der Waals surface area contributed by atoms with Crippen LogP contribution in [0.25, 0.3) is 0 Å². The molecular formula is C32H32Cl2FNO5. The molecule has 216 valence electrons. The van der Waals surface area contributed by atoms with Gasteiger partial charge in [-0.2, -0.15) is 0 Å². The van der Waals surface area contributed by atoms with Gasteiger partial charge in [0, 0.05) is 35.9 Å². The summed E-state index contributed by atoms with van der Waals surface area (Å²) in [5.74, 6) is -1.88. The molecule has 41 heavy (non-hydrogen) atoms. The standard InChI is InChI=1S/C32H32Cl2FNO5/c1-3-25(19-12-14-41-15-13-19)21-16-26-30(27(35)17-21)32(40-2,22-6-10-24(34)11-7-22)36(31(26)39)28(18-29(37)38)20-4-8-23(33)9-5-20/h4-11,16-17,19,25,28H,3,12-15,18H2,1-2H3,(H,37,38)/t25?,28?,32-/m1/s1. The van der Waals surface area contributed by atoms with E-state index < -0.39 is 35.9 Å². The lowest BCUT2D eigenvalue weighted by Crippen LogP contribution is -2.49. The summed E-state index contributed by atoms with van der Waals surface area (Å²) in [7, 11) is 1.40. The Hall–Kier alpha value is -2.97. The third kappa shape index (κ3) is 5.37. The van der Waals surface area contributed by atoms with Gasteiger partial charge < -0.3 is 14.6 Å². The van der Waals surface area contributed by atoms with Crippen molar-refractivity contribution in [2.24, 2.45) is 5.92 Å². The number of hydrogen-bond acceptors (Lipinski definition) is 4. The van der Waals surface area contributed by atoms with Gasteiger partial charge in [-0.25, -0.2) is 4.39 Å². The van der Waals surface area contributed by atoms with Crippen LogP contribution in [0.1, 0.15) is 77.2 Å². The predicted molar refractivity (Wildman–Crippen MR) is 155 cm³/mol. The predicted octanol–water partition coefficient (Wildman–Crippen LogP) is 7.57. The highest BCUT2D eigenvalue weighted by Crippen LogP contribution is 2.52. The Morgan fingerprint density at radius 2 is 1.68 bits per heavy atom. The van der Waals surface area contributed by atoms with Crippen molar-refractivity contribution in [2.45, 2.75) is 50.3 Å². The maximum Gasteiger partial charge on any atom is 0.305 e. The van der Waals surface area contributed by atoms with Gasteiger partial charge in [0.15, 0.2) is 5.72 Å². The highest BCUT2D eigenvalue weighted by atomic mass is 35.5. The van der Waals surface area contributed by atoms with Crippen LogP contribution >= 0.6 is 23.2 Å². The molecular weight excluding hydrogens is 568 g/mol. The lowest BCUT2D eigenvalue weighted by molar-refractivity contribution is -0.142. The Morgan fingerprint density at radius 1 is 1.07 bits per heavy atom. The number of halogens is 3. The minimum absolute atomic E-state index is 0.0408. The number of methoxy groups -OCH3 is 1. The number of hydrogen-bond donors (Lipinski definition) is 1. The molecule has 3 atom stereocenters. The second kappa shape index (κ2) is 12.1. The molecule has 1 fully saturated rings. The highest BCUT2D eigenvalue weighted by Gasteiger charge is 2.56. The van der Waals surface area contributed by atoms with Crippen LogP contribution < -0.4 is 0 Å². The van der Waals surface area contributed by atoms with E-state index in [1.165, 1.54) is 18.1 Å². The molecule has 0 aromatic heterocycles. The van der Waals surface area contributed by atoms with E-state index in [2.05, 4.69) is 6.92 Å². The third-order valence-electron chi connectivity index (χ3n) is 8.41. The molecule has 2 heterocycles. The first kappa shape index (κ1) is 29.5. The fraction of sp³-hybridized carbons (Fsp3) is 0.375. The number of nitrogens with zero attached hydrogens (tertiary/aromatic N) is 1. The van der Waals surface area contributed by atoms with Crippen LogP contribution in [0.5, 0.6) is 0 Å². The van der Waals surface area contributed by atoms with Crippen molar-refractivity contribution in [3.05, 3.63) is 104 Å². The number of aliphatic carboxylic acids is 1. The molecule has 0 spiro atoms. The molecule has 0 saturated carbocycles. The molecule has 2 aliphatic rings. The summed E-state index contributed by atoms with van der Waals surface area (Å²) in [6, 6.07) is 15.5. The minimum atomic E-state index is -1.75. The van der Waals surface area contributed by atoms with Crippen LogP contribution in [-0.4, -0.2) is 42.2 Å². The lowest BCUT2D eigenvalue weighted by atomic mass is 9.78. The fourth-order valence-electron chi connectivity index (χ4n) is 6.55. The van der Waals surface area contributed by atoms with Gasteiger partial charge in [0.25, 0.3) is 5.91 Å². The summed E-state index contributed by atoms with van der Waals surface area (Å²) < 4.78 is 28.2. The van der Waals surface area contributed by atoms with Gasteiger partial charge in [0.05, 0.1) is 23.6 Å². The van der Waals surface area contributed by atoms with Crippen molar-refractivity contribution in [3.63, 3.8) is 0 Å². The Morgan fingerprint density at radius 3 is 2.24 bits per heavy atom. The normalized spacial score (nSPS) is 20.6. The molecule has 6 nitrogen and oxygen atoms in total. The Labute approximate surface area is 249 Å². The Kier molecular flexibility index (Phi) is 8.71.